The molecular weight excluding hydrogens is 461 g/mol. The molecule has 0 unspecified atom stereocenters. The Kier molecular flexibility index (Phi) is 5.18. The summed E-state index contributed by atoms with van der Waals surface area (Å²) in [6.07, 6.45) is -1.49. The molecular formula is C21H21F3N4O2S2. The van der Waals surface area contributed by atoms with Crippen LogP contribution in [0.4, 0.5) is 19.0 Å². The van der Waals surface area contributed by atoms with Crippen molar-refractivity contribution in [1.29, 1.82) is 0 Å². The molecule has 2 aliphatic rings. The van der Waals surface area contributed by atoms with Gasteiger partial charge in [-0.25, -0.2) is 23.1 Å². The van der Waals surface area contributed by atoms with Gasteiger partial charge in [-0.05, 0) is 42.9 Å². The topological polar surface area (TPSA) is 75.2 Å². The zero-order chi connectivity index (χ0) is 22.6. The van der Waals surface area contributed by atoms with Gasteiger partial charge in [-0.3, -0.25) is 0 Å². The van der Waals surface area contributed by atoms with Gasteiger partial charge in [0.1, 0.15) is 17.0 Å². The summed E-state index contributed by atoms with van der Waals surface area (Å²) < 4.78 is 66.3. The van der Waals surface area contributed by atoms with Crippen molar-refractivity contribution in [3.05, 3.63) is 47.6 Å². The third-order valence-corrected chi connectivity index (χ3v) is 8.79. The van der Waals surface area contributed by atoms with Crippen LogP contribution in [0, 0.1) is 5.41 Å². The van der Waals surface area contributed by atoms with Gasteiger partial charge in [0.15, 0.2) is 0 Å². The normalized spacial score (nSPS) is 23.7. The lowest BCUT2D eigenvalue weighted by atomic mass is 9.65. The van der Waals surface area contributed by atoms with Gasteiger partial charge in [-0.15, -0.1) is 11.3 Å². The minimum absolute atomic E-state index is 0.00797. The van der Waals surface area contributed by atoms with Crippen molar-refractivity contribution >= 4 is 37.4 Å². The molecule has 1 saturated carbocycles. The van der Waals surface area contributed by atoms with Crippen molar-refractivity contribution in [3.8, 4) is 0 Å². The maximum atomic E-state index is 12.8. The van der Waals surface area contributed by atoms with E-state index in [1.807, 2.05) is 0 Å². The Balaban J connectivity index is 1.27. The highest BCUT2D eigenvalue weighted by atomic mass is 32.2. The minimum Gasteiger partial charge on any atom is -0.355 e. The number of anilines is 1. The van der Waals surface area contributed by atoms with Gasteiger partial charge in [0.2, 0.25) is 10.0 Å². The Morgan fingerprint density at radius 1 is 1.19 bits per heavy atom. The van der Waals surface area contributed by atoms with Gasteiger partial charge in [0, 0.05) is 24.0 Å². The van der Waals surface area contributed by atoms with Crippen LogP contribution in [0.2, 0.25) is 0 Å². The summed E-state index contributed by atoms with van der Waals surface area (Å²) in [6, 6.07) is 9.73. The SMILES string of the molecule is O=S(=O)(N[C@H]1C[C@@]2(CCN(c3ncnc4sc(CC(F)(F)F)cc34)C2)C1)c1ccccc1. The maximum absolute atomic E-state index is 12.8. The van der Waals surface area contributed by atoms with Crippen molar-refractivity contribution in [2.45, 2.75) is 42.8 Å². The lowest BCUT2D eigenvalue weighted by molar-refractivity contribution is -0.126. The molecule has 3 aromatic rings. The number of aromatic nitrogens is 2. The summed E-state index contributed by atoms with van der Waals surface area (Å²) in [6.45, 7) is 1.43. The summed E-state index contributed by atoms with van der Waals surface area (Å²) in [5.41, 5.74) is -0.00797. The molecule has 3 heterocycles. The zero-order valence-electron chi connectivity index (χ0n) is 17.0. The molecule has 1 aliphatic carbocycles. The first-order valence-electron chi connectivity index (χ1n) is 10.3. The quantitative estimate of drug-likeness (QED) is 0.592. The molecule has 1 N–H and O–H groups in total. The van der Waals surface area contributed by atoms with Crippen LogP contribution in [-0.2, 0) is 16.4 Å². The van der Waals surface area contributed by atoms with Crippen LogP contribution >= 0.6 is 11.3 Å². The monoisotopic (exact) mass is 482 g/mol. The molecule has 170 valence electrons. The van der Waals surface area contributed by atoms with Crippen LogP contribution in [0.15, 0.2) is 47.6 Å². The van der Waals surface area contributed by atoms with E-state index in [9.17, 15) is 21.6 Å². The van der Waals surface area contributed by atoms with E-state index in [1.165, 1.54) is 6.33 Å². The van der Waals surface area contributed by atoms with Crippen LogP contribution in [-0.4, -0.2) is 43.7 Å². The van der Waals surface area contributed by atoms with E-state index in [4.69, 9.17) is 0 Å². The second-order valence-electron chi connectivity index (χ2n) is 8.63. The average molecular weight is 483 g/mol. The minimum atomic E-state index is -4.26. The Labute approximate surface area is 187 Å². The fraction of sp³-hybridized carbons (Fsp3) is 0.429. The number of benzene rings is 1. The molecule has 1 spiro atoms. The molecule has 1 saturated heterocycles. The van der Waals surface area contributed by atoms with E-state index >= 15 is 0 Å². The molecule has 2 fully saturated rings. The zero-order valence-corrected chi connectivity index (χ0v) is 18.6. The standard InChI is InChI=1S/C21H21F3N4O2S2/c22-21(23,24)11-15-8-17-18(25-13-26-19(17)31-15)28-7-6-20(12-28)9-14(10-20)27-32(29,30)16-4-2-1-3-5-16/h1-5,8,13-14,27H,6-7,9-12H2/t14-,20-. The fourth-order valence-corrected chi connectivity index (χ4v) is 7.11. The van der Waals surface area contributed by atoms with Gasteiger partial charge in [0.25, 0.3) is 0 Å². The van der Waals surface area contributed by atoms with E-state index in [-0.39, 0.29) is 21.2 Å². The Hall–Kier alpha value is -2.24. The summed E-state index contributed by atoms with van der Waals surface area (Å²) in [5, 5.41) is 0.648. The highest BCUT2D eigenvalue weighted by Crippen LogP contribution is 2.50. The number of hydrogen-bond donors (Lipinski definition) is 1. The van der Waals surface area contributed by atoms with Crippen LogP contribution in [0.25, 0.3) is 10.2 Å². The molecule has 2 aromatic heterocycles. The molecule has 11 heteroatoms. The fourth-order valence-electron chi connectivity index (χ4n) is 4.83. The van der Waals surface area contributed by atoms with E-state index < -0.39 is 22.6 Å². The average Bonchev–Trinajstić information content (AvgIpc) is 3.30. The summed E-state index contributed by atoms with van der Waals surface area (Å²) in [4.78, 5) is 11.6. The lowest BCUT2D eigenvalue weighted by Crippen LogP contribution is -2.51. The smallest absolute Gasteiger partial charge is 0.355 e. The number of halogens is 3. The van der Waals surface area contributed by atoms with E-state index in [0.29, 0.717) is 22.6 Å². The van der Waals surface area contributed by atoms with Crippen molar-refractivity contribution in [3.63, 3.8) is 0 Å². The van der Waals surface area contributed by atoms with Crippen molar-refractivity contribution in [2.24, 2.45) is 5.41 Å². The van der Waals surface area contributed by atoms with E-state index in [1.54, 1.807) is 36.4 Å². The second kappa shape index (κ2) is 7.67. The van der Waals surface area contributed by atoms with Crippen molar-refractivity contribution < 1.29 is 21.6 Å². The van der Waals surface area contributed by atoms with Crippen molar-refractivity contribution in [1.82, 2.24) is 14.7 Å². The predicted molar refractivity (Wildman–Crippen MR) is 116 cm³/mol. The van der Waals surface area contributed by atoms with Gasteiger partial charge >= 0.3 is 6.18 Å². The molecule has 0 atom stereocenters. The number of rotatable bonds is 5. The largest absolute Gasteiger partial charge is 0.393 e. The number of hydrogen-bond acceptors (Lipinski definition) is 6. The summed E-state index contributed by atoms with van der Waals surface area (Å²) >= 11 is 1.05. The number of thiophene rings is 1. The number of fused-ring (bicyclic) bond motifs is 1. The van der Waals surface area contributed by atoms with Crippen LogP contribution < -0.4 is 9.62 Å². The van der Waals surface area contributed by atoms with E-state index in [0.717, 1.165) is 37.1 Å². The molecule has 0 bridgehead atoms. The van der Waals surface area contributed by atoms with Crippen LogP contribution in [0.5, 0.6) is 0 Å². The lowest BCUT2D eigenvalue weighted by Gasteiger charge is -2.45. The van der Waals surface area contributed by atoms with E-state index in [2.05, 4.69) is 19.6 Å². The number of alkyl halides is 3. The molecule has 32 heavy (non-hydrogen) atoms. The predicted octanol–water partition coefficient (Wildman–Crippen LogP) is 4.13. The molecule has 6 nitrogen and oxygen atoms in total. The molecule has 1 aromatic carbocycles. The van der Waals surface area contributed by atoms with Gasteiger partial charge in [-0.1, -0.05) is 18.2 Å². The Morgan fingerprint density at radius 3 is 2.66 bits per heavy atom. The molecule has 5 rings (SSSR count). The number of sulfonamides is 1. The molecule has 0 radical (unpaired) electrons. The van der Waals surface area contributed by atoms with Crippen LogP contribution in [0.3, 0.4) is 0 Å². The third kappa shape index (κ3) is 4.20. The van der Waals surface area contributed by atoms with Gasteiger partial charge in [0.05, 0.1) is 16.7 Å². The summed E-state index contributed by atoms with van der Waals surface area (Å²) in [5.74, 6) is 0.657. The first-order valence-corrected chi connectivity index (χ1v) is 12.6. The second-order valence-corrected chi connectivity index (χ2v) is 11.5. The van der Waals surface area contributed by atoms with Gasteiger partial charge in [-0.2, -0.15) is 13.2 Å². The molecule has 1 aliphatic heterocycles. The highest BCUT2D eigenvalue weighted by molar-refractivity contribution is 7.89. The van der Waals surface area contributed by atoms with Crippen molar-refractivity contribution in [2.75, 3.05) is 18.0 Å². The number of nitrogens with one attached hydrogen (secondary N) is 1. The number of nitrogens with zero attached hydrogens (tertiary/aromatic N) is 3. The third-order valence-electron chi connectivity index (χ3n) is 6.21. The maximum Gasteiger partial charge on any atom is 0.393 e. The highest BCUT2D eigenvalue weighted by Gasteiger charge is 2.50. The first kappa shape index (κ1) is 21.6. The summed E-state index contributed by atoms with van der Waals surface area (Å²) in [7, 11) is -3.55. The molecule has 0 amide bonds. The Bertz CT molecular complexity index is 1240. The van der Waals surface area contributed by atoms with Gasteiger partial charge < -0.3 is 4.90 Å². The van der Waals surface area contributed by atoms with Crippen LogP contribution in [0.1, 0.15) is 24.1 Å². The first-order chi connectivity index (χ1) is 15.1. The Morgan fingerprint density at radius 2 is 1.94 bits per heavy atom.